The Morgan fingerprint density at radius 2 is 1.92 bits per heavy atom. The van der Waals surface area contributed by atoms with Gasteiger partial charge >= 0.3 is 0 Å². The van der Waals surface area contributed by atoms with Gasteiger partial charge in [-0.15, -0.1) is 0 Å². The van der Waals surface area contributed by atoms with Crippen LogP contribution in [0.15, 0.2) is 24.3 Å². The van der Waals surface area contributed by atoms with E-state index < -0.39 is 15.7 Å². The van der Waals surface area contributed by atoms with E-state index in [0.717, 1.165) is 31.6 Å². The third-order valence-corrected chi connectivity index (χ3v) is 6.78. The topological polar surface area (TPSA) is 92.9 Å². The zero-order valence-corrected chi connectivity index (χ0v) is 16.0. The maximum Gasteiger partial charge on any atom is 0.255 e. The van der Waals surface area contributed by atoms with Gasteiger partial charge in [0.15, 0.2) is 16.4 Å². The number of ether oxygens (including phenoxy) is 1. The molecule has 2 saturated heterocycles. The van der Waals surface area contributed by atoms with Gasteiger partial charge in [-0.25, -0.2) is 8.42 Å². The molecule has 7 nitrogen and oxygen atoms in total. The molecule has 2 aliphatic heterocycles. The van der Waals surface area contributed by atoms with Crippen molar-refractivity contribution in [2.24, 2.45) is 5.73 Å². The second-order valence-electron chi connectivity index (χ2n) is 7.12. The zero-order valence-electron chi connectivity index (χ0n) is 15.1. The largest absolute Gasteiger partial charge is 0.484 e. The summed E-state index contributed by atoms with van der Waals surface area (Å²) >= 11 is 0. The number of hydrogen-bond acceptors (Lipinski definition) is 6. The van der Waals surface area contributed by atoms with Gasteiger partial charge in [-0.2, -0.15) is 0 Å². The van der Waals surface area contributed by atoms with E-state index in [2.05, 4.69) is 16.7 Å². The van der Waals surface area contributed by atoms with E-state index in [1.165, 1.54) is 0 Å². The number of benzene rings is 1. The summed E-state index contributed by atoms with van der Waals surface area (Å²) in [7, 11) is -2.99. The number of carbonyl (C=O) groups excluding carboxylic acids is 1. The molecule has 0 bridgehead atoms. The predicted molar refractivity (Wildman–Crippen MR) is 99.6 cm³/mol. The van der Waals surface area contributed by atoms with Crippen molar-refractivity contribution in [1.29, 1.82) is 0 Å². The van der Waals surface area contributed by atoms with E-state index >= 15 is 0 Å². The van der Waals surface area contributed by atoms with Crippen molar-refractivity contribution in [1.82, 2.24) is 9.80 Å². The number of rotatable bonds is 7. The van der Waals surface area contributed by atoms with E-state index in [4.69, 9.17) is 10.5 Å². The van der Waals surface area contributed by atoms with E-state index in [9.17, 15) is 13.2 Å². The Morgan fingerprint density at radius 3 is 2.62 bits per heavy atom. The third kappa shape index (κ3) is 4.55. The van der Waals surface area contributed by atoms with Crippen LogP contribution in [0.5, 0.6) is 5.75 Å². The molecule has 2 N–H and O–H groups in total. The molecule has 0 saturated carbocycles. The molecule has 144 valence electrons. The number of hydrogen-bond donors (Lipinski definition) is 1. The van der Waals surface area contributed by atoms with Crippen molar-refractivity contribution in [3.63, 3.8) is 0 Å². The molecule has 26 heavy (non-hydrogen) atoms. The summed E-state index contributed by atoms with van der Waals surface area (Å²) in [4.78, 5) is 15.5. The summed E-state index contributed by atoms with van der Waals surface area (Å²) in [6.45, 7) is 5.33. The number of carbonyl (C=O) groups is 1. The summed E-state index contributed by atoms with van der Waals surface area (Å²) in [5.74, 6) is 0.578. The molecule has 0 radical (unpaired) electrons. The fourth-order valence-electron chi connectivity index (χ4n) is 3.98. The van der Waals surface area contributed by atoms with E-state index in [1.807, 2.05) is 18.2 Å². The van der Waals surface area contributed by atoms with E-state index in [-0.39, 0.29) is 30.2 Å². The van der Waals surface area contributed by atoms with Gasteiger partial charge in [0.25, 0.3) is 5.91 Å². The molecule has 2 atom stereocenters. The van der Waals surface area contributed by atoms with Crippen LogP contribution in [0.3, 0.4) is 0 Å². The van der Waals surface area contributed by atoms with Crippen LogP contribution in [0.2, 0.25) is 0 Å². The van der Waals surface area contributed by atoms with Crippen LogP contribution in [0.25, 0.3) is 0 Å². The Kier molecular flexibility index (Phi) is 5.84. The SMILES string of the molecule is CCCN1CCN(Cc2cccc(OCC(N)=O)c2)[C@@H]2CS(=O)(=O)C[C@@H]21. The molecule has 0 spiro atoms. The molecule has 2 heterocycles. The van der Waals surface area contributed by atoms with Gasteiger partial charge in [-0.05, 0) is 30.7 Å². The van der Waals surface area contributed by atoms with Crippen molar-refractivity contribution in [2.75, 3.05) is 37.7 Å². The highest BCUT2D eigenvalue weighted by molar-refractivity contribution is 7.91. The Hall–Kier alpha value is -1.64. The van der Waals surface area contributed by atoms with Crippen LogP contribution in [-0.2, 0) is 21.2 Å². The summed E-state index contributed by atoms with van der Waals surface area (Å²) in [5.41, 5.74) is 6.16. The molecule has 1 aromatic rings. The normalized spacial score (nSPS) is 25.7. The van der Waals surface area contributed by atoms with Crippen molar-refractivity contribution in [3.05, 3.63) is 29.8 Å². The molecule has 2 aliphatic rings. The Morgan fingerprint density at radius 1 is 1.23 bits per heavy atom. The molecule has 0 aliphatic carbocycles. The molecule has 1 aromatic carbocycles. The van der Waals surface area contributed by atoms with Gasteiger partial charge in [0.1, 0.15) is 5.75 Å². The summed E-state index contributed by atoms with van der Waals surface area (Å²) < 4.78 is 29.8. The molecule has 0 aromatic heterocycles. The molecule has 3 rings (SSSR count). The number of primary amides is 1. The van der Waals surface area contributed by atoms with Gasteiger partial charge in [0.05, 0.1) is 11.5 Å². The minimum Gasteiger partial charge on any atom is -0.484 e. The smallest absolute Gasteiger partial charge is 0.255 e. The fourth-order valence-corrected chi connectivity index (χ4v) is 6.02. The lowest BCUT2D eigenvalue weighted by atomic mass is 10.0. The molecule has 0 unspecified atom stereocenters. The first-order chi connectivity index (χ1) is 12.4. The standard InChI is InChI=1S/C18H27N3O4S/c1-2-6-20-7-8-21(17-13-26(23,24)12-16(17)20)10-14-4-3-5-15(9-14)25-11-18(19)22/h3-5,9,16-17H,2,6-8,10-13H2,1H3,(H2,19,22)/t16-,17+/m0/s1. The van der Waals surface area contributed by atoms with Crippen LogP contribution in [0, 0.1) is 0 Å². The summed E-state index contributed by atoms with van der Waals surface area (Å²) in [6, 6.07) is 7.67. The number of amides is 1. The van der Waals surface area contributed by atoms with Gasteiger partial charge in [-0.3, -0.25) is 14.6 Å². The van der Waals surface area contributed by atoms with E-state index in [1.54, 1.807) is 6.07 Å². The monoisotopic (exact) mass is 381 g/mol. The molecule has 8 heteroatoms. The van der Waals surface area contributed by atoms with Crippen LogP contribution in [0.1, 0.15) is 18.9 Å². The lowest BCUT2D eigenvalue weighted by molar-refractivity contribution is -0.119. The minimum atomic E-state index is -2.99. The Bertz CT molecular complexity index is 753. The van der Waals surface area contributed by atoms with E-state index in [0.29, 0.717) is 12.3 Å². The van der Waals surface area contributed by atoms with Crippen molar-refractivity contribution >= 4 is 15.7 Å². The lowest BCUT2D eigenvalue weighted by Gasteiger charge is -2.44. The second kappa shape index (κ2) is 7.94. The highest BCUT2D eigenvalue weighted by atomic mass is 32.2. The number of sulfone groups is 1. The number of piperazine rings is 1. The Labute approximate surface area is 155 Å². The van der Waals surface area contributed by atoms with Gasteiger partial charge in [0, 0.05) is 31.7 Å². The van der Waals surface area contributed by atoms with Gasteiger partial charge in [0.2, 0.25) is 0 Å². The molecule has 2 fully saturated rings. The van der Waals surface area contributed by atoms with Crippen LogP contribution < -0.4 is 10.5 Å². The van der Waals surface area contributed by atoms with Crippen molar-refractivity contribution in [2.45, 2.75) is 32.0 Å². The lowest BCUT2D eigenvalue weighted by Crippen LogP contribution is -2.58. The summed E-state index contributed by atoms with van der Waals surface area (Å²) in [6.07, 6.45) is 1.03. The number of nitrogens with two attached hydrogens (primary N) is 1. The first-order valence-electron chi connectivity index (χ1n) is 9.06. The maximum atomic E-state index is 12.2. The maximum absolute atomic E-state index is 12.2. The van der Waals surface area contributed by atoms with Crippen molar-refractivity contribution in [3.8, 4) is 5.75 Å². The number of nitrogens with zero attached hydrogens (tertiary/aromatic N) is 2. The first-order valence-corrected chi connectivity index (χ1v) is 10.9. The van der Waals surface area contributed by atoms with Crippen LogP contribution in [0.4, 0.5) is 0 Å². The van der Waals surface area contributed by atoms with Crippen LogP contribution in [-0.4, -0.2) is 74.0 Å². The van der Waals surface area contributed by atoms with Crippen LogP contribution >= 0.6 is 0 Å². The predicted octanol–water partition coefficient (Wildman–Crippen LogP) is 0.244. The highest BCUT2D eigenvalue weighted by Crippen LogP contribution is 2.28. The average molecular weight is 381 g/mol. The second-order valence-corrected chi connectivity index (χ2v) is 9.27. The first kappa shape index (κ1) is 19.1. The van der Waals surface area contributed by atoms with Gasteiger partial charge in [-0.1, -0.05) is 19.1 Å². The minimum absolute atomic E-state index is 0.0375. The highest BCUT2D eigenvalue weighted by Gasteiger charge is 2.46. The van der Waals surface area contributed by atoms with Crippen molar-refractivity contribution < 1.29 is 17.9 Å². The van der Waals surface area contributed by atoms with Gasteiger partial charge < -0.3 is 10.5 Å². The average Bonchev–Trinajstić information content (AvgIpc) is 2.92. The Balaban J connectivity index is 1.71. The fraction of sp³-hybridized carbons (Fsp3) is 0.611. The zero-order chi connectivity index (χ0) is 18.7. The number of fused-ring (bicyclic) bond motifs is 1. The molecular formula is C18H27N3O4S. The quantitative estimate of drug-likeness (QED) is 0.728. The molecule has 1 amide bonds. The third-order valence-electron chi connectivity index (χ3n) is 5.08. The molecular weight excluding hydrogens is 354 g/mol. The summed E-state index contributed by atoms with van der Waals surface area (Å²) in [5, 5.41) is 0.